The van der Waals surface area contributed by atoms with Gasteiger partial charge in [0.25, 0.3) is 0 Å². The smallest absolute Gasteiger partial charge is 0.308 e. The third-order valence-corrected chi connectivity index (χ3v) is 4.26. The molecule has 6 nitrogen and oxygen atoms in total. The van der Waals surface area contributed by atoms with Crippen LogP contribution in [0.1, 0.15) is 5.69 Å². The topological polar surface area (TPSA) is 71.3 Å². The number of aromatic nitrogens is 3. The van der Waals surface area contributed by atoms with Crippen LogP contribution in [0, 0.1) is 6.92 Å². The number of imidazole rings is 1. The van der Waals surface area contributed by atoms with Crippen molar-refractivity contribution in [3.63, 3.8) is 0 Å². The van der Waals surface area contributed by atoms with E-state index in [-0.39, 0.29) is 6.03 Å². The number of nitrogens with one attached hydrogen (secondary N) is 2. The monoisotopic (exact) mass is 377 g/mol. The van der Waals surface area contributed by atoms with Crippen LogP contribution in [-0.2, 0) is 0 Å². The minimum Gasteiger partial charge on any atom is -0.308 e. The van der Waals surface area contributed by atoms with Gasteiger partial charge in [-0.25, -0.2) is 14.8 Å². The summed E-state index contributed by atoms with van der Waals surface area (Å²) in [5.41, 5.74) is 4.04. The van der Waals surface area contributed by atoms with Gasteiger partial charge in [-0.3, -0.25) is 4.40 Å². The van der Waals surface area contributed by atoms with Gasteiger partial charge < -0.3 is 10.6 Å². The van der Waals surface area contributed by atoms with Gasteiger partial charge in [-0.1, -0.05) is 23.7 Å². The highest BCUT2D eigenvalue weighted by molar-refractivity contribution is 6.30. The summed E-state index contributed by atoms with van der Waals surface area (Å²) in [6, 6.07) is 16.0. The number of nitrogens with zero attached hydrogens (tertiary/aromatic N) is 3. The predicted molar refractivity (Wildman–Crippen MR) is 107 cm³/mol. The molecule has 0 radical (unpaired) electrons. The standard InChI is InChI=1S/C20H16ClN5O/c1-13-10-11-26-12-18(25-19(26)22-13)14-2-6-16(7-3-14)23-20(27)24-17-8-4-15(21)5-9-17/h2-12H,1H3,(H2,23,24,27). The average molecular weight is 378 g/mol. The third kappa shape index (κ3) is 3.91. The molecular weight excluding hydrogens is 362 g/mol. The van der Waals surface area contributed by atoms with Crippen molar-refractivity contribution in [2.24, 2.45) is 0 Å². The summed E-state index contributed by atoms with van der Waals surface area (Å²) in [5.74, 6) is 0.662. The van der Waals surface area contributed by atoms with E-state index >= 15 is 0 Å². The van der Waals surface area contributed by atoms with Crippen LogP contribution in [0.15, 0.2) is 67.0 Å². The molecule has 2 N–H and O–H groups in total. The zero-order valence-electron chi connectivity index (χ0n) is 14.5. The molecule has 7 heteroatoms. The number of urea groups is 1. The highest BCUT2D eigenvalue weighted by atomic mass is 35.5. The van der Waals surface area contributed by atoms with Crippen molar-refractivity contribution in [1.82, 2.24) is 14.4 Å². The van der Waals surface area contributed by atoms with Crippen molar-refractivity contribution >= 4 is 34.8 Å². The molecule has 4 aromatic rings. The summed E-state index contributed by atoms with van der Waals surface area (Å²) >= 11 is 5.84. The van der Waals surface area contributed by atoms with Crippen molar-refractivity contribution in [3.8, 4) is 11.3 Å². The second kappa shape index (κ2) is 7.09. The van der Waals surface area contributed by atoms with Crippen LogP contribution in [0.3, 0.4) is 0 Å². The van der Waals surface area contributed by atoms with Crippen LogP contribution < -0.4 is 10.6 Å². The molecule has 0 unspecified atom stereocenters. The van der Waals surface area contributed by atoms with E-state index in [1.165, 1.54) is 0 Å². The van der Waals surface area contributed by atoms with E-state index < -0.39 is 0 Å². The number of carbonyl (C=O) groups is 1. The number of amides is 2. The molecule has 2 aromatic heterocycles. The Morgan fingerprint density at radius 3 is 2.22 bits per heavy atom. The quantitative estimate of drug-likeness (QED) is 0.527. The van der Waals surface area contributed by atoms with E-state index in [4.69, 9.17) is 11.6 Å². The first-order chi connectivity index (χ1) is 13.1. The van der Waals surface area contributed by atoms with Crippen molar-refractivity contribution in [2.45, 2.75) is 6.92 Å². The fraction of sp³-hybridized carbons (Fsp3) is 0.0500. The lowest BCUT2D eigenvalue weighted by atomic mass is 10.1. The number of anilines is 2. The second-order valence-electron chi connectivity index (χ2n) is 6.07. The summed E-state index contributed by atoms with van der Waals surface area (Å²) < 4.78 is 1.88. The van der Waals surface area contributed by atoms with Gasteiger partial charge in [-0.05, 0) is 49.4 Å². The summed E-state index contributed by atoms with van der Waals surface area (Å²) in [5, 5.41) is 6.17. The van der Waals surface area contributed by atoms with Gasteiger partial charge in [-0.2, -0.15) is 0 Å². The normalized spacial score (nSPS) is 10.7. The number of hydrogen-bond donors (Lipinski definition) is 2. The molecule has 0 spiro atoms. The van der Waals surface area contributed by atoms with Crippen LogP contribution in [0.2, 0.25) is 5.02 Å². The fourth-order valence-electron chi connectivity index (χ4n) is 2.65. The molecule has 0 aliphatic heterocycles. The van der Waals surface area contributed by atoms with Gasteiger partial charge in [0.2, 0.25) is 5.78 Å². The van der Waals surface area contributed by atoms with Gasteiger partial charge in [0, 0.05) is 40.0 Å². The lowest BCUT2D eigenvalue weighted by Crippen LogP contribution is -2.19. The Balaban J connectivity index is 1.46. The largest absolute Gasteiger partial charge is 0.323 e. The third-order valence-electron chi connectivity index (χ3n) is 4.01. The highest BCUT2D eigenvalue weighted by Crippen LogP contribution is 2.21. The van der Waals surface area contributed by atoms with E-state index in [0.717, 1.165) is 17.0 Å². The van der Waals surface area contributed by atoms with Gasteiger partial charge in [0.05, 0.1) is 5.69 Å². The first-order valence-electron chi connectivity index (χ1n) is 8.33. The van der Waals surface area contributed by atoms with Crippen LogP contribution in [0.5, 0.6) is 0 Å². The van der Waals surface area contributed by atoms with E-state index in [1.54, 1.807) is 24.3 Å². The van der Waals surface area contributed by atoms with Gasteiger partial charge in [0.1, 0.15) is 0 Å². The van der Waals surface area contributed by atoms with E-state index in [0.29, 0.717) is 22.2 Å². The Labute approximate surface area is 160 Å². The van der Waals surface area contributed by atoms with Crippen LogP contribution in [0.25, 0.3) is 17.0 Å². The summed E-state index contributed by atoms with van der Waals surface area (Å²) in [6.07, 6.45) is 3.86. The molecule has 0 saturated heterocycles. The Morgan fingerprint density at radius 1 is 0.926 bits per heavy atom. The average Bonchev–Trinajstić information content (AvgIpc) is 3.07. The molecule has 2 aromatic carbocycles. The van der Waals surface area contributed by atoms with E-state index in [9.17, 15) is 4.79 Å². The van der Waals surface area contributed by atoms with Crippen LogP contribution in [-0.4, -0.2) is 20.4 Å². The molecule has 134 valence electrons. The fourth-order valence-corrected chi connectivity index (χ4v) is 2.78. The number of benzene rings is 2. The lowest BCUT2D eigenvalue weighted by molar-refractivity contribution is 0.262. The van der Waals surface area contributed by atoms with Gasteiger partial charge >= 0.3 is 6.03 Å². The number of aryl methyl sites for hydroxylation is 1. The Kier molecular flexibility index (Phi) is 4.48. The molecule has 4 rings (SSSR count). The molecule has 0 atom stereocenters. The lowest BCUT2D eigenvalue weighted by Gasteiger charge is -2.08. The van der Waals surface area contributed by atoms with Gasteiger partial charge in [0.15, 0.2) is 0 Å². The van der Waals surface area contributed by atoms with Crippen LogP contribution >= 0.6 is 11.6 Å². The molecule has 2 heterocycles. The van der Waals surface area contributed by atoms with Crippen molar-refractivity contribution < 1.29 is 4.79 Å². The molecule has 0 aliphatic carbocycles. The Morgan fingerprint density at radius 2 is 1.56 bits per heavy atom. The molecule has 0 saturated carbocycles. The zero-order chi connectivity index (χ0) is 18.8. The maximum atomic E-state index is 12.1. The molecule has 0 bridgehead atoms. The highest BCUT2D eigenvalue weighted by Gasteiger charge is 2.07. The van der Waals surface area contributed by atoms with E-state index in [2.05, 4.69) is 20.6 Å². The SMILES string of the molecule is Cc1ccn2cc(-c3ccc(NC(=O)Nc4ccc(Cl)cc4)cc3)nc2n1. The molecule has 0 fully saturated rings. The first-order valence-corrected chi connectivity index (χ1v) is 8.71. The first kappa shape index (κ1) is 17.1. The zero-order valence-corrected chi connectivity index (χ0v) is 15.2. The summed E-state index contributed by atoms with van der Waals surface area (Å²) in [4.78, 5) is 21.0. The molecular formula is C20H16ClN5O. The maximum absolute atomic E-state index is 12.1. The summed E-state index contributed by atoms with van der Waals surface area (Å²) in [6.45, 7) is 1.93. The van der Waals surface area contributed by atoms with Crippen molar-refractivity contribution in [1.29, 1.82) is 0 Å². The van der Waals surface area contributed by atoms with Crippen LogP contribution in [0.4, 0.5) is 16.2 Å². The molecule has 0 aliphatic rings. The maximum Gasteiger partial charge on any atom is 0.323 e. The molecule has 2 amide bonds. The van der Waals surface area contributed by atoms with Gasteiger partial charge in [-0.15, -0.1) is 0 Å². The van der Waals surface area contributed by atoms with Crippen molar-refractivity contribution in [2.75, 3.05) is 10.6 Å². The number of halogens is 1. The summed E-state index contributed by atoms with van der Waals surface area (Å²) in [7, 11) is 0. The Hall–Kier alpha value is -3.38. The number of rotatable bonds is 3. The minimum absolute atomic E-state index is 0.322. The number of fused-ring (bicyclic) bond motifs is 1. The predicted octanol–water partition coefficient (Wildman–Crippen LogP) is 5.00. The number of carbonyl (C=O) groups excluding carboxylic acids is 1. The van der Waals surface area contributed by atoms with E-state index in [1.807, 2.05) is 54.0 Å². The second-order valence-corrected chi connectivity index (χ2v) is 6.50. The Bertz CT molecular complexity index is 1100. The van der Waals surface area contributed by atoms with Crippen molar-refractivity contribution in [3.05, 3.63) is 77.7 Å². The minimum atomic E-state index is -0.322. The number of hydrogen-bond acceptors (Lipinski definition) is 3. The molecule has 27 heavy (non-hydrogen) atoms.